The van der Waals surface area contributed by atoms with Crippen molar-refractivity contribution in [1.82, 2.24) is 10.2 Å². The second kappa shape index (κ2) is 8.98. The van der Waals surface area contributed by atoms with Crippen LogP contribution in [0.15, 0.2) is 48.5 Å². The summed E-state index contributed by atoms with van der Waals surface area (Å²) in [5.74, 6) is -0.573. The van der Waals surface area contributed by atoms with Crippen LogP contribution in [0.4, 0.5) is 14.9 Å². The molecule has 0 aliphatic carbocycles. The Labute approximate surface area is 157 Å². The van der Waals surface area contributed by atoms with Gasteiger partial charge < -0.3 is 15.4 Å². The molecule has 1 atom stereocenters. The van der Waals surface area contributed by atoms with E-state index in [1.807, 2.05) is 18.2 Å². The predicted octanol–water partition coefficient (Wildman–Crippen LogP) is 3.50. The van der Waals surface area contributed by atoms with E-state index in [1.165, 1.54) is 17.7 Å². The minimum Gasteiger partial charge on any atom is -0.374 e. The number of hydrogen-bond donors (Lipinski definition) is 2. The van der Waals surface area contributed by atoms with Gasteiger partial charge in [0, 0.05) is 31.9 Å². The highest BCUT2D eigenvalue weighted by atomic mass is 35.5. The van der Waals surface area contributed by atoms with Crippen molar-refractivity contribution in [2.24, 2.45) is 0 Å². The number of halogens is 2. The number of benzene rings is 2. The normalized spacial score (nSPS) is 17.7. The van der Waals surface area contributed by atoms with Gasteiger partial charge in [0.2, 0.25) is 0 Å². The van der Waals surface area contributed by atoms with E-state index in [1.54, 1.807) is 6.07 Å². The summed E-state index contributed by atoms with van der Waals surface area (Å²) in [6.45, 7) is 3.47. The number of ether oxygens (including phenoxy) is 1. The monoisotopic (exact) mass is 377 g/mol. The summed E-state index contributed by atoms with van der Waals surface area (Å²) in [4.78, 5) is 14.3. The second-order valence-electron chi connectivity index (χ2n) is 6.18. The third-order valence-corrected chi connectivity index (χ3v) is 4.45. The molecule has 0 spiro atoms. The second-order valence-corrected chi connectivity index (χ2v) is 6.58. The maximum absolute atomic E-state index is 13.4. The van der Waals surface area contributed by atoms with Gasteiger partial charge in [0.1, 0.15) is 5.82 Å². The molecule has 26 heavy (non-hydrogen) atoms. The van der Waals surface area contributed by atoms with Crippen LogP contribution in [0.3, 0.4) is 0 Å². The number of carbonyl (C=O) groups is 1. The van der Waals surface area contributed by atoms with Gasteiger partial charge in [-0.3, -0.25) is 4.90 Å². The van der Waals surface area contributed by atoms with Gasteiger partial charge >= 0.3 is 6.03 Å². The molecule has 0 saturated carbocycles. The number of carbonyl (C=O) groups excluding carboxylic acids is 1. The lowest BCUT2D eigenvalue weighted by Gasteiger charge is -2.33. The predicted molar refractivity (Wildman–Crippen MR) is 99.9 cm³/mol. The number of nitrogens with zero attached hydrogens (tertiary/aromatic N) is 1. The van der Waals surface area contributed by atoms with Crippen molar-refractivity contribution in [3.8, 4) is 0 Å². The topological polar surface area (TPSA) is 53.6 Å². The zero-order valence-corrected chi connectivity index (χ0v) is 15.0. The molecule has 2 aromatic carbocycles. The van der Waals surface area contributed by atoms with Crippen LogP contribution in [0.2, 0.25) is 5.02 Å². The lowest BCUT2D eigenvalue weighted by molar-refractivity contribution is -0.0285. The fourth-order valence-electron chi connectivity index (χ4n) is 2.84. The van der Waals surface area contributed by atoms with Gasteiger partial charge in [-0.25, -0.2) is 9.18 Å². The number of amides is 2. The molecule has 1 saturated heterocycles. The number of morpholine rings is 1. The molecule has 1 aliphatic heterocycles. The van der Waals surface area contributed by atoms with Crippen molar-refractivity contribution >= 4 is 23.3 Å². The van der Waals surface area contributed by atoms with E-state index in [0.29, 0.717) is 18.8 Å². The maximum atomic E-state index is 13.4. The third kappa shape index (κ3) is 5.42. The molecule has 0 bridgehead atoms. The van der Waals surface area contributed by atoms with Crippen molar-refractivity contribution in [2.75, 3.05) is 31.6 Å². The smallest absolute Gasteiger partial charge is 0.319 e. The molecule has 7 heteroatoms. The standard InChI is InChI=1S/C19H21ClFN3O2/c20-17-7-6-15(10-18(17)21)23-19(25)22-11-16-13-24(8-9-26-16)12-14-4-2-1-3-5-14/h1-7,10,16H,8-9,11-13H2,(H2,22,23,25). The van der Waals surface area contributed by atoms with Gasteiger partial charge in [-0.2, -0.15) is 0 Å². The summed E-state index contributed by atoms with van der Waals surface area (Å²) in [7, 11) is 0. The van der Waals surface area contributed by atoms with Gasteiger partial charge in [0.15, 0.2) is 0 Å². The first-order valence-electron chi connectivity index (χ1n) is 8.48. The Hall–Kier alpha value is -2.15. The summed E-state index contributed by atoms with van der Waals surface area (Å²) in [5, 5.41) is 5.36. The van der Waals surface area contributed by atoms with Crippen molar-refractivity contribution < 1.29 is 13.9 Å². The van der Waals surface area contributed by atoms with E-state index < -0.39 is 11.8 Å². The summed E-state index contributed by atoms with van der Waals surface area (Å²) in [6, 6.07) is 14.0. The van der Waals surface area contributed by atoms with E-state index in [9.17, 15) is 9.18 Å². The molecule has 5 nitrogen and oxygen atoms in total. The molecule has 2 aromatic rings. The highest BCUT2D eigenvalue weighted by Crippen LogP contribution is 2.18. The van der Waals surface area contributed by atoms with Gasteiger partial charge in [-0.1, -0.05) is 41.9 Å². The first kappa shape index (κ1) is 18.6. The average Bonchev–Trinajstić information content (AvgIpc) is 2.64. The van der Waals surface area contributed by atoms with Crippen LogP contribution < -0.4 is 10.6 Å². The molecule has 0 radical (unpaired) electrons. The Morgan fingerprint density at radius 2 is 2.08 bits per heavy atom. The van der Waals surface area contributed by atoms with Crippen LogP contribution in [0.1, 0.15) is 5.56 Å². The summed E-state index contributed by atoms with van der Waals surface area (Å²) < 4.78 is 19.1. The first-order valence-corrected chi connectivity index (χ1v) is 8.86. The number of anilines is 1. The minimum atomic E-state index is -0.573. The van der Waals surface area contributed by atoms with E-state index in [4.69, 9.17) is 16.3 Å². The van der Waals surface area contributed by atoms with Crippen LogP contribution in [-0.2, 0) is 11.3 Å². The quantitative estimate of drug-likeness (QED) is 0.838. The van der Waals surface area contributed by atoms with E-state index in [2.05, 4.69) is 27.7 Å². The number of hydrogen-bond acceptors (Lipinski definition) is 3. The van der Waals surface area contributed by atoms with Crippen LogP contribution in [0.5, 0.6) is 0 Å². The number of nitrogens with one attached hydrogen (secondary N) is 2. The number of urea groups is 1. The van der Waals surface area contributed by atoms with Gasteiger partial charge in [0.25, 0.3) is 0 Å². The Morgan fingerprint density at radius 1 is 1.27 bits per heavy atom. The molecule has 1 heterocycles. The molecule has 3 rings (SSSR count). The van der Waals surface area contributed by atoms with Crippen LogP contribution in [-0.4, -0.2) is 43.3 Å². The van der Waals surface area contributed by atoms with Crippen molar-refractivity contribution in [3.63, 3.8) is 0 Å². The van der Waals surface area contributed by atoms with Crippen molar-refractivity contribution in [1.29, 1.82) is 0 Å². The Kier molecular flexibility index (Phi) is 6.44. The zero-order valence-electron chi connectivity index (χ0n) is 14.3. The molecular weight excluding hydrogens is 357 g/mol. The Morgan fingerprint density at radius 3 is 2.85 bits per heavy atom. The van der Waals surface area contributed by atoms with Crippen LogP contribution in [0.25, 0.3) is 0 Å². The molecule has 1 unspecified atom stereocenters. The Bertz CT molecular complexity index is 745. The fourth-order valence-corrected chi connectivity index (χ4v) is 2.96. The molecule has 2 N–H and O–H groups in total. The fraction of sp³-hybridized carbons (Fsp3) is 0.316. The maximum Gasteiger partial charge on any atom is 0.319 e. The molecular formula is C19H21ClFN3O2. The highest BCUT2D eigenvalue weighted by Gasteiger charge is 2.21. The highest BCUT2D eigenvalue weighted by molar-refractivity contribution is 6.30. The van der Waals surface area contributed by atoms with Crippen LogP contribution >= 0.6 is 11.6 Å². The largest absolute Gasteiger partial charge is 0.374 e. The van der Waals surface area contributed by atoms with Gasteiger partial charge in [0.05, 0.1) is 17.7 Å². The van der Waals surface area contributed by atoms with Crippen LogP contribution in [0, 0.1) is 5.82 Å². The van der Waals surface area contributed by atoms with Gasteiger partial charge in [-0.15, -0.1) is 0 Å². The SMILES string of the molecule is O=C(NCC1CN(Cc2ccccc2)CCO1)Nc1ccc(Cl)c(F)c1. The lowest BCUT2D eigenvalue weighted by atomic mass is 10.2. The molecule has 0 aromatic heterocycles. The Balaban J connectivity index is 1.44. The van der Waals surface area contributed by atoms with Gasteiger partial charge in [-0.05, 0) is 23.8 Å². The van der Waals surface area contributed by atoms with E-state index in [-0.39, 0.29) is 11.1 Å². The number of rotatable bonds is 5. The van der Waals surface area contributed by atoms with E-state index >= 15 is 0 Å². The molecule has 2 amide bonds. The summed E-state index contributed by atoms with van der Waals surface area (Å²) >= 11 is 5.63. The van der Waals surface area contributed by atoms with Crippen molar-refractivity contribution in [2.45, 2.75) is 12.6 Å². The minimum absolute atomic E-state index is 0.0186. The van der Waals surface area contributed by atoms with E-state index in [0.717, 1.165) is 19.6 Å². The lowest BCUT2D eigenvalue weighted by Crippen LogP contribution is -2.47. The van der Waals surface area contributed by atoms with Crippen molar-refractivity contribution in [3.05, 3.63) is 64.9 Å². The summed E-state index contributed by atoms with van der Waals surface area (Å²) in [5.41, 5.74) is 1.60. The molecule has 1 fully saturated rings. The molecule has 1 aliphatic rings. The average molecular weight is 378 g/mol. The first-order chi connectivity index (χ1) is 12.6. The summed E-state index contributed by atoms with van der Waals surface area (Å²) in [6.07, 6.45) is -0.0832. The molecule has 138 valence electrons. The third-order valence-electron chi connectivity index (χ3n) is 4.14. The zero-order chi connectivity index (χ0) is 18.4.